The number of hydrogen-bond acceptors (Lipinski definition) is 4. The summed E-state index contributed by atoms with van der Waals surface area (Å²) in [4.78, 5) is 17.8. The van der Waals surface area contributed by atoms with Crippen molar-refractivity contribution < 1.29 is 14.3 Å². The molecule has 25 heavy (non-hydrogen) atoms. The summed E-state index contributed by atoms with van der Waals surface area (Å²) in [5.41, 5.74) is 1.88. The van der Waals surface area contributed by atoms with E-state index >= 15 is 0 Å². The lowest BCUT2D eigenvalue weighted by Crippen LogP contribution is -2.43. The van der Waals surface area contributed by atoms with Crippen LogP contribution in [0.15, 0.2) is 35.3 Å². The number of likely N-dealkylation sites (N-methyl/N-ethyl adjacent to an activating group) is 1. The highest BCUT2D eigenvalue weighted by molar-refractivity contribution is 5.86. The van der Waals surface area contributed by atoms with Crippen LogP contribution in [0.5, 0.6) is 11.5 Å². The number of hydrogen-bond donors (Lipinski definition) is 2. The van der Waals surface area contributed by atoms with E-state index in [1.165, 1.54) is 4.90 Å². The van der Waals surface area contributed by atoms with Crippen LogP contribution in [-0.2, 0) is 11.3 Å². The molecule has 0 heterocycles. The zero-order valence-corrected chi connectivity index (χ0v) is 15.7. The van der Waals surface area contributed by atoms with Gasteiger partial charge in [0.05, 0.1) is 27.3 Å². The fourth-order valence-electron chi connectivity index (χ4n) is 1.87. The fraction of sp³-hybridized carbons (Fsp3) is 0.444. The van der Waals surface area contributed by atoms with Crippen molar-refractivity contribution in [1.29, 1.82) is 0 Å². The third kappa shape index (κ3) is 7.15. The predicted molar refractivity (Wildman–Crippen MR) is 100 cm³/mol. The molecule has 7 heteroatoms. The summed E-state index contributed by atoms with van der Waals surface area (Å²) in [6, 6.07) is 5.58. The number of aliphatic imine (C=N–C) groups is 1. The van der Waals surface area contributed by atoms with Gasteiger partial charge in [0.25, 0.3) is 0 Å². The van der Waals surface area contributed by atoms with E-state index in [0.717, 1.165) is 16.9 Å². The number of ether oxygens (including phenoxy) is 2. The summed E-state index contributed by atoms with van der Waals surface area (Å²) in [5.74, 6) is 1.93. The van der Waals surface area contributed by atoms with Gasteiger partial charge in [-0.05, 0) is 19.1 Å². The largest absolute Gasteiger partial charge is 0.497 e. The van der Waals surface area contributed by atoms with Crippen LogP contribution in [0.2, 0.25) is 0 Å². The monoisotopic (exact) mass is 348 g/mol. The zero-order valence-electron chi connectivity index (χ0n) is 15.7. The minimum atomic E-state index is -0.0353. The molecule has 0 saturated heterocycles. The van der Waals surface area contributed by atoms with Gasteiger partial charge < -0.3 is 25.0 Å². The van der Waals surface area contributed by atoms with E-state index in [-0.39, 0.29) is 12.5 Å². The summed E-state index contributed by atoms with van der Waals surface area (Å²) in [7, 11) is 6.64. The standard InChI is InChI=1S/C18H28N4O3/c1-13(2)10-19-18(21-12-17(23)22(3)4)20-11-14-7-8-15(24-5)9-16(14)25-6/h7-9H,1,10-12H2,2-6H3,(H2,19,20,21). The number of carbonyl (C=O) groups excluding carboxylic acids is 1. The van der Waals surface area contributed by atoms with E-state index in [4.69, 9.17) is 9.47 Å². The predicted octanol–water partition coefficient (Wildman–Crippen LogP) is 1.40. The lowest BCUT2D eigenvalue weighted by molar-refractivity contribution is -0.127. The lowest BCUT2D eigenvalue weighted by atomic mass is 10.2. The molecule has 0 spiro atoms. The van der Waals surface area contributed by atoms with Gasteiger partial charge in [-0.15, -0.1) is 0 Å². The van der Waals surface area contributed by atoms with E-state index in [1.807, 2.05) is 25.1 Å². The molecule has 0 aliphatic heterocycles. The van der Waals surface area contributed by atoms with Crippen LogP contribution in [0.25, 0.3) is 0 Å². The van der Waals surface area contributed by atoms with Gasteiger partial charge in [-0.1, -0.05) is 12.2 Å². The van der Waals surface area contributed by atoms with Gasteiger partial charge in [0, 0.05) is 32.3 Å². The van der Waals surface area contributed by atoms with Crippen molar-refractivity contribution in [1.82, 2.24) is 15.5 Å². The molecule has 1 amide bonds. The number of rotatable bonds is 8. The molecule has 1 rings (SSSR count). The highest BCUT2D eigenvalue weighted by Gasteiger charge is 2.08. The van der Waals surface area contributed by atoms with Gasteiger partial charge in [-0.25, -0.2) is 4.99 Å². The molecule has 1 aromatic carbocycles. The average molecular weight is 348 g/mol. The second-order valence-electron chi connectivity index (χ2n) is 5.79. The summed E-state index contributed by atoms with van der Waals surface area (Å²) in [6.45, 7) is 6.91. The summed E-state index contributed by atoms with van der Waals surface area (Å²) in [5, 5.41) is 6.17. The first-order valence-corrected chi connectivity index (χ1v) is 7.95. The molecular formula is C18H28N4O3. The summed E-state index contributed by atoms with van der Waals surface area (Å²) in [6.07, 6.45) is 0. The topological polar surface area (TPSA) is 75.2 Å². The quantitative estimate of drug-likeness (QED) is 0.422. The molecule has 7 nitrogen and oxygen atoms in total. The molecular weight excluding hydrogens is 320 g/mol. The van der Waals surface area contributed by atoms with Crippen molar-refractivity contribution in [2.75, 3.05) is 41.4 Å². The van der Waals surface area contributed by atoms with Gasteiger partial charge >= 0.3 is 0 Å². The van der Waals surface area contributed by atoms with E-state index < -0.39 is 0 Å². The first-order valence-electron chi connectivity index (χ1n) is 7.95. The van der Waals surface area contributed by atoms with Crippen molar-refractivity contribution >= 4 is 11.9 Å². The van der Waals surface area contributed by atoms with Crippen LogP contribution in [0.3, 0.4) is 0 Å². The number of methoxy groups -OCH3 is 2. The molecule has 2 N–H and O–H groups in total. The number of nitrogens with one attached hydrogen (secondary N) is 2. The maximum absolute atomic E-state index is 11.8. The normalized spacial score (nSPS) is 10.8. The Morgan fingerprint density at radius 2 is 1.88 bits per heavy atom. The Hall–Kier alpha value is -2.70. The van der Waals surface area contributed by atoms with Crippen LogP contribution in [0, 0.1) is 0 Å². The third-order valence-electron chi connectivity index (χ3n) is 3.37. The number of nitrogens with zero attached hydrogens (tertiary/aromatic N) is 2. The average Bonchev–Trinajstić information content (AvgIpc) is 2.60. The number of amides is 1. The SMILES string of the molecule is C=C(C)CNC(=NCc1ccc(OC)cc1OC)NCC(=O)N(C)C. The molecule has 0 atom stereocenters. The van der Waals surface area contributed by atoms with Crippen LogP contribution in [0.4, 0.5) is 0 Å². The minimum Gasteiger partial charge on any atom is -0.497 e. The Kier molecular flexibility index (Phi) is 8.32. The summed E-state index contributed by atoms with van der Waals surface area (Å²) >= 11 is 0. The van der Waals surface area contributed by atoms with Gasteiger partial charge in [0.2, 0.25) is 5.91 Å². The molecule has 0 fully saturated rings. The number of guanidine groups is 1. The Balaban J connectivity index is 2.86. The van der Waals surface area contributed by atoms with E-state index in [9.17, 15) is 4.79 Å². The number of benzene rings is 1. The molecule has 0 radical (unpaired) electrons. The lowest BCUT2D eigenvalue weighted by Gasteiger charge is -2.15. The molecule has 1 aromatic rings. The van der Waals surface area contributed by atoms with E-state index in [2.05, 4.69) is 22.2 Å². The fourth-order valence-corrected chi connectivity index (χ4v) is 1.87. The second-order valence-corrected chi connectivity index (χ2v) is 5.79. The van der Waals surface area contributed by atoms with E-state index in [1.54, 1.807) is 28.3 Å². The van der Waals surface area contributed by atoms with Crippen molar-refractivity contribution in [2.45, 2.75) is 13.5 Å². The second kappa shape index (κ2) is 10.2. The Morgan fingerprint density at radius 1 is 1.20 bits per heavy atom. The van der Waals surface area contributed by atoms with Gasteiger partial charge in [0.15, 0.2) is 5.96 Å². The number of carbonyl (C=O) groups is 1. The molecule has 138 valence electrons. The van der Waals surface area contributed by atoms with Crippen molar-refractivity contribution in [2.24, 2.45) is 4.99 Å². The van der Waals surface area contributed by atoms with Gasteiger partial charge in [-0.2, -0.15) is 0 Å². The first-order chi connectivity index (χ1) is 11.9. The first kappa shape index (κ1) is 20.3. The smallest absolute Gasteiger partial charge is 0.241 e. The van der Waals surface area contributed by atoms with Crippen LogP contribution in [-0.4, -0.2) is 58.2 Å². The molecule has 0 saturated carbocycles. The van der Waals surface area contributed by atoms with Crippen LogP contribution >= 0.6 is 0 Å². The third-order valence-corrected chi connectivity index (χ3v) is 3.37. The van der Waals surface area contributed by atoms with E-state index in [0.29, 0.717) is 24.8 Å². The Bertz CT molecular complexity index is 627. The van der Waals surface area contributed by atoms with Crippen LogP contribution in [0.1, 0.15) is 12.5 Å². The van der Waals surface area contributed by atoms with Crippen molar-refractivity contribution in [3.63, 3.8) is 0 Å². The molecule has 0 aliphatic carbocycles. The van der Waals surface area contributed by atoms with Gasteiger partial charge in [0.1, 0.15) is 11.5 Å². The molecule has 0 bridgehead atoms. The summed E-state index contributed by atoms with van der Waals surface area (Å²) < 4.78 is 10.6. The maximum atomic E-state index is 11.8. The van der Waals surface area contributed by atoms with Gasteiger partial charge in [-0.3, -0.25) is 4.79 Å². The van der Waals surface area contributed by atoms with Crippen molar-refractivity contribution in [3.8, 4) is 11.5 Å². The minimum absolute atomic E-state index is 0.0353. The highest BCUT2D eigenvalue weighted by Crippen LogP contribution is 2.25. The molecule has 0 unspecified atom stereocenters. The highest BCUT2D eigenvalue weighted by atomic mass is 16.5. The Morgan fingerprint density at radius 3 is 2.44 bits per heavy atom. The molecule has 0 aliphatic rings. The molecule has 0 aromatic heterocycles. The zero-order chi connectivity index (χ0) is 18.8. The van der Waals surface area contributed by atoms with Crippen LogP contribution < -0.4 is 20.1 Å². The maximum Gasteiger partial charge on any atom is 0.241 e. The van der Waals surface area contributed by atoms with Crippen molar-refractivity contribution in [3.05, 3.63) is 35.9 Å². The Labute approximate surface area is 149 Å².